The fourth-order valence-electron chi connectivity index (χ4n) is 3.54. The van der Waals surface area contributed by atoms with Crippen molar-refractivity contribution < 1.29 is 27.5 Å². The van der Waals surface area contributed by atoms with Crippen molar-refractivity contribution in [2.24, 2.45) is 0 Å². The van der Waals surface area contributed by atoms with Gasteiger partial charge in [-0.2, -0.15) is 18.3 Å². The molecule has 1 atom stereocenters. The minimum Gasteiger partial charge on any atom is -0.460 e. The average molecular weight is 423 g/mol. The van der Waals surface area contributed by atoms with E-state index < -0.39 is 29.2 Å². The number of aryl methyl sites for hydroxylation is 1. The second-order valence-corrected chi connectivity index (χ2v) is 8.49. The Balaban J connectivity index is 1.92. The van der Waals surface area contributed by atoms with Gasteiger partial charge in [0.1, 0.15) is 11.3 Å². The number of esters is 1. The predicted molar refractivity (Wildman–Crippen MR) is 104 cm³/mol. The van der Waals surface area contributed by atoms with Crippen LogP contribution >= 0.6 is 0 Å². The Hall–Kier alpha value is -2.84. The molecule has 0 saturated heterocycles. The lowest BCUT2D eigenvalue weighted by Gasteiger charge is -2.33. The van der Waals surface area contributed by atoms with Crippen LogP contribution in [0.25, 0.3) is 0 Å². The molecular weight excluding hydrogens is 399 g/mol. The van der Waals surface area contributed by atoms with E-state index in [1.807, 2.05) is 6.92 Å². The van der Waals surface area contributed by atoms with Crippen molar-refractivity contribution in [3.63, 3.8) is 0 Å². The highest BCUT2D eigenvalue weighted by atomic mass is 19.4. The van der Waals surface area contributed by atoms with Crippen LogP contribution in [0.2, 0.25) is 0 Å². The number of benzene rings is 1. The van der Waals surface area contributed by atoms with Gasteiger partial charge in [0.25, 0.3) is 5.91 Å². The van der Waals surface area contributed by atoms with Gasteiger partial charge in [-0.05, 0) is 58.4 Å². The molecule has 1 amide bonds. The van der Waals surface area contributed by atoms with Crippen molar-refractivity contribution in [1.29, 1.82) is 0 Å². The molecule has 0 unspecified atom stereocenters. The van der Waals surface area contributed by atoms with Gasteiger partial charge >= 0.3 is 12.1 Å². The number of alkyl halides is 3. The van der Waals surface area contributed by atoms with Crippen LogP contribution in [0.4, 0.5) is 18.9 Å². The van der Waals surface area contributed by atoms with E-state index in [1.165, 1.54) is 30.2 Å². The maximum atomic E-state index is 13.2. The fraction of sp³-hybridized carbons (Fsp3) is 0.476. The van der Waals surface area contributed by atoms with Gasteiger partial charge < -0.3 is 9.64 Å². The first-order valence-corrected chi connectivity index (χ1v) is 9.56. The summed E-state index contributed by atoms with van der Waals surface area (Å²) in [5, 5.41) is 4.24. The SMILES string of the molecule is Cc1cc(N2C[C@H](C)n3ncc(CC(=O)OC(C)(C)C)c3C2=O)ccc1C(F)(F)F. The minimum atomic E-state index is -4.46. The summed E-state index contributed by atoms with van der Waals surface area (Å²) < 4.78 is 46.1. The lowest BCUT2D eigenvalue weighted by atomic mass is 10.0. The molecule has 0 N–H and O–H groups in total. The topological polar surface area (TPSA) is 64.4 Å². The monoisotopic (exact) mass is 423 g/mol. The molecule has 9 heteroatoms. The number of amides is 1. The average Bonchev–Trinajstić information content (AvgIpc) is 2.99. The Morgan fingerprint density at radius 3 is 2.50 bits per heavy atom. The highest BCUT2D eigenvalue weighted by Gasteiger charge is 2.36. The van der Waals surface area contributed by atoms with Crippen LogP contribution in [0.15, 0.2) is 24.4 Å². The van der Waals surface area contributed by atoms with Crippen molar-refractivity contribution in [3.8, 4) is 0 Å². The summed E-state index contributed by atoms with van der Waals surface area (Å²) in [5.74, 6) is -0.899. The zero-order valence-electron chi connectivity index (χ0n) is 17.5. The van der Waals surface area contributed by atoms with Crippen LogP contribution in [-0.2, 0) is 22.1 Å². The lowest BCUT2D eigenvalue weighted by Crippen LogP contribution is -2.43. The van der Waals surface area contributed by atoms with Crippen molar-refractivity contribution in [2.45, 2.75) is 58.9 Å². The first-order valence-electron chi connectivity index (χ1n) is 9.56. The second-order valence-electron chi connectivity index (χ2n) is 8.49. The normalized spacial score (nSPS) is 17.1. The number of halogens is 3. The molecule has 1 aliphatic rings. The summed E-state index contributed by atoms with van der Waals surface area (Å²) in [5.41, 5.74) is -0.321. The van der Waals surface area contributed by atoms with Gasteiger partial charge in [0.15, 0.2) is 0 Å². The van der Waals surface area contributed by atoms with E-state index in [0.29, 0.717) is 11.3 Å². The molecule has 0 spiro atoms. The number of hydrogen-bond acceptors (Lipinski definition) is 4. The zero-order chi connectivity index (χ0) is 22.4. The molecule has 1 aliphatic heterocycles. The Labute approximate surface area is 172 Å². The summed E-state index contributed by atoms with van der Waals surface area (Å²) in [6.45, 7) is 8.72. The molecule has 2 aromatic rings. The number of carbonyl (C=O) groups excluding carboxylic acids is 2. The Morgan fingerprint density at radius 2 is 1.93 bits per heavy atom. The molecule has 6 nitrogen and oxygen atoms in total. The van der Waals surface area contributed by atoms with Gasteiger partial charge in [0, 0.05) is 17.8 Å². The third-order valence-corrected chi connectivity index (χ3v) is 4.77. The number of rotatable bonds is 3. The molecule has 30 heavy (non-hydrogen) atoms. The first-order chi connectivity index (χ1) is 13.8. The number of nitrogens with zero attached hydrogens (tertiary/aromatic N) is 3. The third kappa shape index (κ3) is 4.34. The highest BCUT2D eigenvalue weighted by Crippen LogP contribution is 2.35. The minimum absolute atomic E-state index is 0.0357. The van der Waals surface area contributed by atoms with Crippen molar-refractivity contribution in [3.05, 3.63) is 46.8 Å². The molecule has 0 fully saturated rings. The molecule has 2 heterocycles. The Kier molecular flexibility index (Phi) is 5.43. The molecule has 1 aromatic heterocycles. The number of aromatic nitrogens is 2. The van der Waals surface area contributed by atoms with E-state index >= 15 is 0 Å². The molecule has 0 bridgehead atoms. The quantitative estimate of drug-likeness (QED) is 0.690. The fourth-order valence-corrected chi connectivity index (χ4v) is 3.54. The molecule has 0 aliphatic carbocycles. The summed E-state index contributed by atoms with van der Waals surface area (Å²) >= 11 is 0. The van der Waals surface area contributed by atoms with Crippen molar-refractivity contribution in [1.82, 2.24) is 9.78 Å². The molecule has 162 valence electrons. The van der Waals surface area contributed by atoms with E-state index in [4.69, 9.17) is 4.74 Å². The number of fused-ring (bicyclic) bond motifs is 1. The van der Waals surface area contributed by atoms with Gasteiger partial charge in [-0.25, -0.2) is 0 Å². The Morgan fingerprint density at radius 1 is 1.27 bits per heavy atom. The van der Waals surface area contributed by atoms with Gasteiger partial charge in [-0.1, -0.05) is 0 Å². The van der Waals surface area contributed by atoms with E-state index in [2.05, 4.69) is 5.10 Å². The zero-order valence-corrected chi connectivity index (χ0v) is 17.5. The first kappa shape index (κ1) is 21.9. The second kappa shape index (κ2) is 7.45. The molecule has 3 rings (SSSR count). The van der Waals surface area contributed by atoms with Crippen LogP contribution in [0.5, 0.6) is 0 Å². The standard InChI is InChI=1S/C21H24F3N3O3/c1-12-8-15(6-7-16(12)21(22,23)24)26-11-13(2)27-18(19(26)29)14(10-25-27)9-17(28)30-20(3,4)5/h6-8,10,13H,9,11H2,1-5H3/t13-/m0/s1. The predicted octanol–water partition coefficient (Wildman–Crippen LogP) is 4.32. The summed E-state index contributed by atoms with van der Waals surface area (Å²) in [4.78, 5) is 26.9. The number of anilines is 1. The van der Waals surface area contributed by atoms with Gasteiger partial charge in [-0.15, -0.1) is 0 Å². The van der Waals surface area contributed by atoms with E-state index in [1.54, 1.807) is 25.5 Å². The van der Waals surface area contributed by atoms with Gasteiger partial charge in [-0.3, -0.25) is 14.3 Å². The largest absolute Gasteiger partial charge is 0.460 e. The summed E-state index contributed by atoms with van der Waals surface area (Å²) in [6.07, 6.45) is -3.11. The maximum Gasteiger partial charge on any atom is 0.416 e. The smallest absolute Gasteiger partial charge is 0.416 e. The number of carbonyl (C=O) groups is 2. The highest BCUT2D eigenvalue weighted by molar-refractivity contribution is 6.07. The van der Waals surface area contributed by atoms with Crippen LogP contribution in [-0.4, -0.2) is 33.8 Å². The summed E-state index contributed by atoms with van der Waals surface area (Å²) in [7, 11) is 0. The van der Waals surface area contributed by atoms with Crippen molar-refractivity contribution >= 4 is 17.6 Å². The maximum absolute atomic E-state index is 13.2. The number of hydrogen-bond donors (Lipinski definition) is 0. The molecule has 1 aromatic carbocycles. The van der Waals surface area contributed by atoms with Crippen LogP contribution < -0.4 is 4.90 Å². The Bertz CT molecular complexity index is 990. The van der Waals surface area contributed by atoms with Crippen LogP contribution in [0.3, 0.4) is 0 Å². The third-order valence-electron chi connectivity index (χ3n) is 4.77. The van der Waals surface area contributed by atoms with E-state index in [0.717, 1.165) is 6.07 Å². The van der Waals surface area contributed by atoms with Crippen molar-refractivity contribution in [2.75, 3.05) is 11.4 Å². The van der Waals surface area contributed by atoms with Gasteiger partial charge in [0.05, 0.1) is 24.2 Å². The molecular formula is C21H24F3N3O3. The van der Waals surface area contributed by atoms with E-state index in [-0.39, 0.29) is 30.3 Å². The lowest BCUT2D eigenvalue weighted by molar-refractivity contribution is -0.154. The summed E-state index contributed by atoms with van der Waals surface area (Å²) in [6, 6.07) is 3.41. The van der Waals surface area contributed by atoms with Crippen LogP contribution in [0, 0.1) is 6.92 Å². The molecule has 0 radical (unpaired) electrons. The molecule has 0 saturated carbocycles. The van der Waals surface area contributed by atoms with Crippen LogP contribution in [0.1, 0.15) is 60.9 Å². The number of ether oxygens (including phenoxy) is 1. The van der Waals surface area contributed by atoms with E-state index in [9.17, 15) is 22.8 Å². The van der Waals surface area contributed by atoms with Gasteiger partial charge in [0.2, 0.25) is 0 Å².